The predicted octanol–water partition coefficient (Wildman–Crippen LogP) is 4.86. The van der Waals surface area contributed by atoms with Crippen molar-refractivity contribution in [3.8, 4) is 5.75 Å². The highest BCUT2D eigenvalue weighted by atomic mass is 32.2. The van der Waals surface area contributed by atoms with Crippen LogP contribution in [-0.4, -0.2) is 44.5 Å². The van der Waals surface area contributed by atoms with Crippen molar-refractivity contribution in [1.29, 1.82) is 0 Å². The lowest BCUT2D eigenvalue weighted by atomic mass is 10.00. The van der Waals surface area contributed by atoms with Gasteiger partial charge in [-0.05, 0) is 73.7 Å². The normalized spacial score (nSPS) is 18.7. The lowest BCUT2D eigenvalue weighted by molar-refractivity contribution is 0.0673. The topological polar surface area (TPSA) is 71.8 Å². The lowest BCUT2D eigenvalue weighted by Crippen LogP contribution is -2.35. The maximum absolute atomic E-state index is 13.6. The van der Waals surface area contributed by atoms with E-state index in [1.807, 2.05) is 24.2 Å². The zero-order valence-electron chi connectivity index (χ0n) is 20.7. The van der Waals surface area contributed by atoms with Crippen molar-refractivity contribution in [2.75, 3.05) is 25.0 Å². The zero-order chi connectivity index (χ0) is 25.2. The van der Waals surface area contributed by atoms with E-state index in [2.05, 4.69) is 17.6 Å². The number of anilines is 1. The number of carbonyl (C=O) groups is 1. The van der Waals surface area contributed by atoms with Crippen LogP contribution in [0.25, 0.3) is 0 Å². The molecule has 2 atom stereocenters. The SMILES string of the molecule is COc1ccccc1N(C)S(=O)(=O)c1ccc(C(=O)N2CCC(C)CCC2c2cccn2C)cc1. The molecule has 1 aliphatic rings. The minimum atomic E-state index is -3.83. The van der Waals surface area contributed by atoms with E-state index in [1.54, 1.807) is 36.4 Å². The van der Waals surface area contributed by atoms with Crippen molar-refractivity contribution in [3.05, 3.63) is 78.1 Å². The molecule has 1 amide bonds. The molecule has 0 radical (unpaired) electrons. The summed E-state index contributed by atoms with van der Waals surface area (Å²) in [6.45, 7) is 2.90. The van der Waals surface area contributed by atoms with E-state index in [0.717, 1.165) is 25.0 Å². The largest absolute Gasteiger partial charge is 0.495 e. The van der Waals surface area contributed by atoms with Gasteiger partial charge in [0.25, 0.3) is 15.9 Å². The summed E-state index contributed by atoms with van der Waals surface area (Å²) in [7, 11) is 1.17. The van der Waals surface area contributed by atoms with Crippen LogP contribution < -0.4 is 9.04 Å². The van der Waals surface area contributed by atoms with Gasteiger partial charge < -0.3 is 14.2 Å². The lowest BCUT2D eigenvalue weighted by Gasteiger charge is -2.31. The van der Waals surface area contributed by atoms with E-state index in [0.29, 0.717) is 29.5 Å². The molecule has 1 fully saturated rings. The number of hydrogen-bond donors (Lipinski definition) is 0. The van der Waals surface area contributed by atoms with Gasteiger partial charge in [-0.2, -0.15) is 0 Å². The third-order valence-corrected chi connectivity index (χ3v) is 8.73. The number of aryl methyl sites for hydroxylation is 1. The minimum absolute atomic E-state index is 0.00691. The molecule has 0 N–H and O–H groups in total. The summed E-state index contributed by atoms with van der Waals surface area (Å²) in [5.74, 6) is 0.938. The number of aromatic nitrogens is 1. The number of nitrogens with zero attached hydrogens (tertiary/aromatic N) is 3. The summed E-state index contributed by atoms with van der Waals surface area (Å²) in [6.07, 6.45) is 4.92. The van der Waals surface area contributed by atoms with Gasteiger partial charge in [-0.3, -0.25) is 9.10 Å². The number of carbonyl (C=O) groups excluding carboxylic acids is 1. The van der Waals surface area contributed by atoms with E-state index in [4.69, 9.17) is 4.74 Å². The molecule has 2 aromatic carbocycles. The van der Waals surface area contributed by atoms with Crippen molar-refractivity contribution in [3.63, 3.8) is 0 Å². The van der Waals surface area contributed by atoms with Gasteiger partial charge in [0, 0.05) is 38.1 Å². The molecule has 8 heteroatoms. The number of para-hydroxylation sites is 2. The second-order valence-electron chi connectivity index (χ2n) is 9.20. The number of ether oxygens (including phenoxy) is 1. The van der Waals surface area contributed by atoms with Gasteiger partial charge in [-0.1, -0.05) is 19.1 Å². The Morgan fingerprint density at radius 1 is 1.00 bits per heavy atom. The number of amides is 1. The van der Waals surface area contributed by atoms with Gasteiger partial charge in [0.05, 0.1) is 23.7 Å². The Kier molecular flexibility index (Phi) is 7.21. The quantitative estimate of drug-likeness (QED) is 0.490. The second-order valence-corrected chi connectivity index (χ2v) is 11.2. The smallest absolute Gasteiger partial charge is 0.264 e. The Morgan fingerprint density at radius 2 is 1.71 bits per heavy atom. The molecule has 35 heavy (non-hydrogen) atoms. The van der Waals surface area contributed by atoms with Crippen LogP contribution in [0.1, 0.15) is 48.3 Å². The molecule has 2 heterocycles. The van der Waals surface area contributed by atoms with Crippen LogP contribution in [0.2, 0.25) is 0 Å². The van der Waals surface area contributed by atoms with Gasteiger partial charge >= 0.3 is 0 Å². The molecule has 0 saturated carbocycles. The van der Waals surface area contributed by atoms with Crippen LogP contribution in [0.5, 0.6) is 5.75 Å². The number of benzene rings is 2. The highest BCUT2D eigenvalue weighted by molar-refractivity contribution is 7.92. The first-order valence-electron chi connectivity index (χ1n) is 11.9. The Balaban J connectivity index is 1.61. The zero-order valence-corrected chi connectivity index (χ0v) is 21.5. The van der Waals surface area contributed by atoms with Crippen LogP contribution in [0, 0.1) is 5.92 Å². The monoisotopic (exact) mass is 495 g/mol. The first kappa shape index (κ1) is 24.9. The second kappa shape index (κ2) is 10.2. The maximum Gasteiger partial charge on any atom is 0.264 e. The van der Waals surface area contributed by atoms with Gasteiger partial charge in [-0.15, -0.1) is 0 Å². The number of rotatable bonds is 6. The summed E-state index contributed by atoms with van der Waals surface area (Å²) < 4.78 is 35.2. The third-order valence-electron chi connectivity index (χ3n) is 6.94. The van der Waals surface area contributed by atoms with Crippen molar-refractivity contribution in [2.45, 2.75) is 37.1 Å². The highest BCUT2D eigenvalue weighted by Crippen LogP contribution is 2.34. The average molecular weight is 496 g/mol. The standard InChI is InChI=1S/C27H33N3O4S/c1-20-11-16-24(23-9-7-18-28(23)2)30(19-17-20)27(31)21-12-14-22(15-13-21)35(32,33)29(3)25-8-5-6-10-26(25)34-4/h5-10,12-15,18,20,24H,11,16-17,19H2,1-4H3. The molecule has 4 rings (SSSR count). The minimum Gasteiger partial charge on any atom is -0.495 e. The van der Waals surface area contributed by atoms with E-state index in [-0.39, 0.29) is 16.8 Å². The molecular formula is C27H33N3O4S. The van der Waals surface area contributed by atoms with Crippen LogP contribution in [-0.2, 0) is 17.1 Å². The fourth-order valence-corrected chi connectivity index (χ4v) is 5.95. The number of likely N-dealkylation sites (tertiary alicyclic amines) is 1. The van der Waals surface area contributed by atoms with Crippen molar-refractivity contribution >= 4 is 21.6 Å². The van der Waals surface area contributed by atoms with E-state index >= 15 is 0 Å². The van der Waals surface area contributed by atoms with E-state index in [9.17, 15) is 13.2 Å². The first-order valence-corrected chi connectivity index (χ1v) is 13.3. The third kappa shape index (κ3) is 4.93. The van der Waals surface area contributed by atoms with Crippen molar-refractivity contribution in [1.82, 2.24) is 9.47 Å². The fraction of sp³-hybridized carbons (Fsp3) is 0.370. The molecule has 7 nitrogen and oxygen atoms in total. The van der Waals surface area contributed by atoms with E-state index < -0.39 is 10.0 Å². The number of hydrogen-bond acceptors (Lipinski definition) is 4. The van der Waals surface area contributed by atoms with E-state index in [1.165, 1.54) is 30.6 Å². The molecule has 1 saturated heterocycles. The predicted molar refractivity (Wildman–Crippen MR) is 137 cm³/mol. The van der Waals surface area contributed by atoms with Gasteiger partial charge in [0.2, 0.25) is 0 Å². The molecular weight excluding hydrogens is 462 g/mol. The molecule has 1 aromatic heterocycles. The summed E-state index contributed by atoms with van der Waals surface area (Å²) in [4.78, 5) is 15.7. The van der Waals surface area contributed by atoms with Gasteiger partial charge in [0.1, 0.15) is 5.75 Å². The van der Waals surface area contributed by atoms with Crippen LogP contribution in [0.3, 0.4) is 0 Å². The summed E-state index contributed by atoms with van der Waals surface area (Å²) in [5, 5.41) is 0. The molecule has 0 aliphatic carbocycles. The van der Waals surface area contributed by atoms with Gasteiger partial charge in [-0.25, -0.2) is 8.42 Å². The molecule has 3 aromatic rings. The van der Waals surface area contributed by atoms with Crippen LogP contribution in [0.4, 0.5) is 5.69 Å². The first-order chi connectivity index (χ1) is 16.7. The molecule has 0 spiro atoms. The van der Waals surface area contributed by atoms with Crippen molar-refractivity contribution in [2.24, 2.45) is 13.0 Å². The van der Waals surface area contributed by atoms with Crippen molar-refractivity contribution < 1.29 is 17.9 Å². The Labute approximate surface area is 208 Å². The Morgan fingerprint density at radius 3 is 2.37 bits per heavy atom. The molecule has 2 unspecified atom stereocenters. The number of sulfonamides is 1. The number of methoxy groups -OCH3 is 1. The van der Waals surface area contributed by atoms with Crippen LogP contribution >= 0.6 is 0 Å². The summed E-state index contributed by atoms with van der Waals surface area (Å²) in [6, 6.07) is 17.3. The summed E-state index contributed by atoms with van der Waals surface area (Å²) in [5.41, 5.74) is 2.04. The molecule has 1 aliphatic heterocycles. The van der Waals surface area contributed by atoms with Gasteiger partial charge in [0.15, 0.2) is 0 Å². The molecule has 0 bridgehead atoms. The Hall–Kier alpha value is -3.26. The highest BCUT2D eigenvalue weighted by Gasteiger charge is 2.31. The van der Waals surface area contributed by atoms with Crippen LogP contribution in [0.15, 0.2) is 71.8 Å². The average Bonchev–Trinajstić information content (AvgIpc) is 3.20. The summed E-state index contributed by atoms with van der Waals surface area (Å²) >= 11 is 0. The Bertz CT molecular complexity index is 1280. The fourth-order valence-electron chi connectivity index (χ4n) is 4.74. The maximum atomic E-state index is 13.6. The molecule has 186 valence electrons.